The van der Waals surface area contributed by atoms with Gasteiger partial charge in [-0.3, -0.25) is 9.59 Å². The number of Topliss-reactive ketones (excluding diaryl/α,β-unsaturated/α-hetero) is 1. The second-order valence-corrected chi connectivity index (χ2v) is 6.77. The predicted octanol–water partition coefficient (Wildman–Crippen LogP) is 4.56. The zero-order valence-corrected chi connectivity index (χ0v) is 15.3. The largest absolute Gasteiger partial charge is 0.455 e. The van der Waals surface area contributed by atoms with Crippen molar-refractivity contribution in [3.05, 3.63) is 64.9 Å². The number of alkyl halides is 3. The van der Waals surface area contributed by atoms with Crippen LogP contribution in [0, 0.1) is 6.92 Å². The van der Waals surface area contributed by atoms with Crippen molar-refractivity contribution in [2.24, 2.45) is 0 Å². The molecule has 1 aliphatic carbocycles. The Labute approximate surface area is 163 Å². The number of rotatable bonds is 3. The Morgan fingerprint density at radius 3 is 2.72 bits per heavy atom. The molecule has 0 atom stereocenters. The van der Waals surface area contributed by atoms with E-state index < -0.39 is 17.6 Å². The lowest BCUT2D eigenvalue weighted by molar-refractivity contribution is -0.137. The molecular formula is C20H16F3N3O3. The number of ketones is 1. The highest BCUT2D eigenvalue weighted by Crippen LogP contribution is 2.34. The topological polar surface area (TPSA) is 77.1 Å². The van der Waals surface area contributed by atoms with Crippen LogP contribution in [0.2, 0.25) is 0 Å². The van der Waals surface area contributed by atoms with Gasteiger partial charge >= 0.3 is 6.18 Å². The molecule has 1 aliphatic rings. The Bertz CT molecular complexity index is 1100. The maximum atomic E-state index is 13.2. The maximum Gasteiger partial charge on any atom is 0.416 e. The van der Waals surface area contributed by atoms with Gasteiger partial charge in [-0.2, -0.15) is 18.3 Å². The molecule has 0 saturated heterocycles. The van der Waals surface area contributed by atoms with Gasteiger partial charge in [-0.1, -0.05) is 0 Å². The van der Waals surface area contributed by atoms with Gasteiger partial charge in [-0.15, -0.1) is 0 Å². The minimum absolute atomic E-state index is 0.0749. The fourth-order valence-electron chi connectivity index (χ4n) is 3.47. The summed E-state index contributed by atoms with van der Waals surface area (Å²) in [4.78, 5) is 25.0. The van der Waals surface area contributed by atoms with Crippen molar-refractivity contribution in [1.29, 1.82) is 0 Å². The van der Waals surface area contributed by atoms with Crippen LogP contribution in [0.1, 0.15) is 50.6 Å². The molecule has 4 rings (SSSR count). The lowest BCUT2D eigenvalue weighted by atomic mass is 9.94. The average molecular weight is 403 g/mol. The van der Waals surface area contributed by atoms with Gasteiger partial charge in [0.05, 0.1) is 22.5 Å². The molecule has 0 spiro atoms. The van der Waals surface area contributed by atoms with Crippen molar-refractivity contribution in [2.75, 3.05) is 5.32 Å². The van der Waals surface area contributed by atoms with Gasteiger partial charge in [0.2, 0.25) is 0 Å². The van der Waals surface area contributed by atoms with Crippen LogP contribution in [-0.2, 0) is 12.6 Å². The summed E-state index contributed by atoms with van der Waals surface area (Å²) in [7, 11) is 0. The van der Waals surface area contributed by atoms with Crippen LogP contribution in [-0.4, -0.2) is 21.5 Å². The van der Waals surface area contributed by atoms with Crippen LogP contribution in [0.5, 0.6) is 0 Å². The summed E-state index contributed by atoms with van der Waals surface area (Å²) in [6.07, 6.45) is 0.00132. The second kappa shape index (κ2) is 6.91. The molecule has 6 nitrogen and oxygen atoms in total. The number of amides is 1. The summed E-state index contributed by atoms with van der Waals surface area (Å²) in [5.41, 5.74) is 0.0805. The van der Waals surface area contributed by atoms with Gasteiger partial charge in [0.25, 0.3) is 5.91 Å². The van der Waals surface area contributed by atoms with E-state index in [4.69, 9.17) is 4.42 Å². The Balaban J connectivity index is 1.74. The monoisotopic (exact) mass is 403 g/mol. The first kappa shape index (κ1) is 19.0. The third-order valence-corrected chi connectivity index (χ3v) is 4.84. The van der Waals surface area contributed by atoms with Crippen molar-refractivity contribution >= 4 is 17.4 Å². The Morgan fingerprint density at radius 2 is 2.07 bits per heavy atom. The lowest BCUT2D eigenvalue weighted by Crippen LogP contribution is -2.16. The third-order valence-electron chi connectivity index (χ3n) is 4.84. The number of carbonyl (C=O) groups excluding carboxylic acids is 2. The first-order valence-electron chi connectivity index (χ1n) is 8.94. The second-order valence-electron chi connectivity index (χ2n) is 6.77. The smallest absolute Gasteiger partial charge is 0.416 e. The van der Waals surface area contributed by atoms with Gasteiger partial charge < -0.3 is 9.73 Å². The summed E-state index contributed by atoms with van der Waals surface area (Å²) in [6, 6.07) is 4.61. The van der Waals surface area contributed by atoms with Crippen LogP contribution in [0.3, 0.4) is 0 Å². The molecule has 1 aromatic carbocycles. The van der Waals surface area contributed by atoms with E-state index in [-0.39, 0.29) is 22.9 Å². The number of halogens is 3. The van der Waals surface area contributed by atoms with E-state index in [1.54, 1.807) is 19.2 Å². The minimum Gasteiger partial charge on any atom is -0.455 e. The number of furan rings is 1. The number of anilines is 1. The number of benzene rings is 1. The molecule has 0 saturated carbocycles. The minimum atomic E-state index is -4.58. The molecule has 0 aliphatic heterocycles. The molecule has 2 heterocycles. The van der Waals surface area contributed by atoms with Gasteiger partial charge in [0, 0.05) is 30.8 Å². The van der Waals surface area contributed by atoms with Crippen LogP contribution < -0.4 is 5.32 Å². The highest BCUT2D eigenvalue weighted by Gasteiger charge is 2.32. The van der Waals surface area contributed by atoms with Gasteiger partial charge in [0.1, 0.15) is 5.76 Å². The van der Waals surface area contributed by atoms with Crippen LogP contribution in [0.4, 0.5) is 18.9 Å². The Morgan fingerprint density at radius 1 is 1.28 bits per heavy atom. The van der Waals surface area contributed by atoms with Gasteiger partial charge in [-0.05, 0) is 37.6 Å². The number of aromatic nitrogens is 2. The quantitative estimate of drug-likeness (QED) is 0.695. The number of carbonyl (C=O) groups is 2. The molecule has 150 valence electrons. The Kier molecular flexibility index (Phi) is 4.52. The lowest BCUT2D eigenvalue weighted by Gasteiger charge is -2.14. The van der Waals surface area contributed by atoms with E-state index >= 15 is 0 Å². The van der Waals surface area contributed by atoms with Crippen LogP contribution in [0.25, 0.3) is 5.69 Å². The summed E-state index contributed by atoms with van der Waals surface area (Å²) in [6.45, 7) is 1.60. The predicted molar refractivity (Wildman–Crippen MR) is 97.2 cm³/mol. The fraction of sp³-hybridized carbons (Fsp3) is 0.250. The van der Waals surface area contributed by atoms with E-state index in [2.05, 4.69) is 10.4 Å². The molecule has 29 heavy (non-hydrogen) atoms. The van der Waals surface area contributed by atoms with E-state index in [0.29, 0.717) is 36.1 Å². The van der Waals surface area contributed by atoms with E-state index in [1.807, 2.05) is 0 Å². The maximum absolute atomic E-state index is 13.2. The molecule has 0 bridgehead atoms. The highest BCUT2D eigenvalue weighted by molar-refractivity contribution is 6.08. The van der Waals surface area contributed by atoms with E-state index in [9.17, 15) is 22.8 Å². The number of fused-ring (bicyclic) bond motifs is 1. The van der Waals surface area contributed by atoms with Crippen molar-refractivity contribution in [2.45, 2.75) is 32.4 Å². The number of hydrogen-bond donors (Lipinski definition) is 1. The van der Waals surface area contributed by atoms with Gasteiger partial charge in [0.15, 0.2) is 11.5 Å². The zero-order chi connectivity index (χ0) is 20.8. The standard InChI is InChI=1S/C20H16F3N3O3/c1-11-17-15(27)4-2-5-16(17)29-18(11)19(28)25-13-10-12(20(21,22)23)6-7-14(13)26-9-3-8-24-26/h3,6-10H,2,4-5H2,1H3,(H,25,28). The normalized spacial score (nSPS) is 14.0. The van der Waals surface area contributed by atoms with E-state index in [0.717, 1.165) is 12.1 Å². The van der Waals surface area contributed by atoms with Crippen molar-refractivity contribution in [3.8, 4) is 5.69 Å². The van der Waals surface area contributed by atoms with Gasteiger partial charge in [-0.25, -0.2) is 4.68 Å². The molecule has 0 unspecified atom stereocenters. The van der Waals surface area contributed by atoms with E-state index in [1.165, 1.54) is 16.9 Å². The fourth-order valence-corrected chi connectivity index (χ4v) is 3.47. The summed E-state index contributed by atoms with van der Waals surface area (Å²) in [5.74, 6) is -0.449. The molecule has 3 aromatic rings. The molecule has 1 N–H and O–H groups in total. The first-order chi connectivity index (χ1) is 13.8. The summed E-state index contributed by atoms with van der Waals surface area (Å²) < 4.78 is 46.5. The average Bonchev–Trinajstić information content (AvgIpc) is 3.30. The molecule has 0 radical (unpaired) electrons. The summed E-state index contributed by atoms with van der Waals surface area (Å²) >= 11 is 0. The SMILES string of the molecule is Cc1c(C(=O)Nc2cc(C(F)(F)F)ccc2-n2cccn2)oc2c1C(=O)CCC2. The van der Waals surface area contributed by atoms with Crippen molar-refractivity contribution < 1.29 is 27.2 Å². The first-order valence-corrected chi connectivity index (χ1v) is 8.94. The number of nitrogens with one attached hydrogen (secondary N) is 1. The summed E-state index contributed by atoms with van der Waals surface area (Å²) in [5, 5.41) is 6.50. The number of aryl methyl sites for hydroxylation is 1. The molecule has 1 amide bonds. The molecule has 2 aromatic heterocycles. The zero-order valence-electron chi connectivity index (χ0n) is 15.3. The number of nitrogens with zero attached hydrogens (tertiary/aromatic N) is 2. The highest BCUT2D eigenvalue weighted by atomic mass is 19.4. The van der Waals surface area contributed by atoms with Crippen molar-refractivity contribution in [1.82, 2.24) is 9.78 Å². The molecule has 9 heteroatoms. The molecule has 0 fully saturated rings. The van der Waals surface area contributed by atoms with Crippen LogP contribution >= 0.6 is 0 Å². The van der Waals surface area contributed by atoms with Crippen molar-refractivity contribution in [3.63, 3.8) is 0 Å². The van der Waals surface area contributed by atoms with Crippen LogP contribution in [0.15, 0.2) is 41.1 Å². The third kappa shape index (κ3) is 3.43. The Hall–Kier alpha value is -3.36. The molecular weight excluding hydrogens is 387 g/mol. The number of hydrogen-bond acceptors (Lipinski definition) is 4.